The summed E-state index contributed by atoms with van der Waals surface area (Å²) in [4.78, 5) is 8.73. The number of pyridine rings is 1. The summed E-state index contributed by atoms with van der Waals surface area (Å²) in [7, 11) is 1.62. The highest BCUT2D eigenvalue weighted by molar-refractivity contribution is 5.79. The molecule has 140 valence electrons. The molecule has 25 heavy (non-hydrogen) atoms. The topological polar surface area (TPSA) is 67.8 Å². The molecule has 1 aliphatic rings. The van der Waals surface area contributed by atoms with Crippen LogP contribution in [0.2, 0.25) is 0 Å². The molecule has 0 aliphatic heterocycles. The van der Waals surface area contributed by atoms with Crippen molar-refractivity contribution in [2.75, 3.05) is 26.8 Å². The summed E-state index contributed by atoms with van der Waals surface area (Å²) in [5.41, 5.74) is 1.07. The Morgan fingerprint density at radius 1 is 1.24 bits per heavy atom. The van der Waals surface area contributed by atoms with Crippen LogP contribution in [0, 0.1) is 0 Å². The van der Waals surface area contributed by atoms with E-state index in [0.717, 1.165) is 31.2 Å². The van der Waals surface area contributed by atoms with Gasteiger partial charge in [0, 0.05) is 25.4 Å². The quantitative estimate of drug-likeness (QED) is 0.327. The van der Waals surface area contributed by atoms with Crippen molar-refractivity contribution in [3.63, 3.8) is 0 Å². The molecule has 2 rings (SSSR count). The fourth-order valence-electron chi connectivity index (χ4n) is 2.98. The summed E-state index contributed by atoms with van der Waals surface area (Å²) in [5.74, 6) is 1.42. The van der Waals surface area contributed by atoms with Crippen molar-refractivity contribution < 1.29 is 9.47 Å². The Hall–Kier alpha value is -1.82. The lowest BCUT2D eigenvalue weighted by Crippen LogP contribution is -2.39. The molecule has 1 heterocycles. The van der Waals surface area contributed by atoms with E-state index in [1.54, 1.807) is 13.3 Å². The minimum absolute atomic E-state index is 0.438. The van der Waals surface area contributed by atoms with Crippen LogP contribution in [0.1, 0.15) is 51.0 Å². The second kappa shape index (κ2) is 11.7. The van der Waals surface area contributed by atoms with Crippen LogP contribution in [-0.4, -0.2) is 43.9 Å². The van der Waals surface area contributed by atoms with Crippen LogP contribution in [0.5, 0.6) is 5.88 Å². The maximum absolute atomic E-state index is 6.01. The molecule has 0 spiro atoms. The number of hydrogen-bond acceptors (Lipinski definition) is 4. The molecule has 1 aliphatic carbocycles. The third-order valence-corrected chi connectivity index (χ3v) is 4.32. The number of methoxy groups -OCH3 is 1. The minimum atomic E-state index is 0.438. The van der Waals surface area contributed by atoms with Gasteiger partial charge in [0.1, 0.15) is 0 Å². The lowest BCUT2D eigenvalue weighted by atomic mass is 10.1. The largest absolute Gasteiger partial charge is 0.481 e. The zero-order chi connectivity index (χ0) is 17.7. The Balaban J connectivity index is 1.74. The van der Waals surface area contributed by atoms with Crippen LogP contribution in [0.15, 0.2) is 23.3 Å². The van der Waals surface area contributed by atoms with E-state index >= 15 is 0 Å². The second-order valence-corrected chi connectivity index (χ2v) is 6.31. The number of guanidine groups is 1. The van der Waals surface area contributed by atoms with Crippen LogP contribution in [0.3, 0.4) is 0 Å². The standard InChI is InChI=1S/C19H32N4O2/c1-3-20-19(23-15-16-10-11-21-18(14-16)24-2)22-12-13-25-17-8-6-4-5-7-9-17/h10-11,14,17H,3-9,12-13,15H2,1-2H3,(H2,20,22,23). The fraction of sp³-hybridized carbons (Fsp3) is 0.684. The van der Waals surface area contributed by atoms with Gasteiger partial charge < -0.3 is 20.1 Å². The Kier molecular flexibility index (Phi) is 9.12. The predicted molar refractivity (Wildman–Crippen MR) is 101 cm³/mol. The molecule has 1 fully saturated rings. The molecule has 0 aromatic carbocycles. The summed E-state index contributed by atoms with van der Waals surface area (Å²) in [5, 5.41) is 6.61. The number of nitrogens with zero attached hydrogens (tertiary/aromatic N) is 2. The van der Waals surface area contributed by atoms with Crippen LogP contribution in [0.25, 0.3) is 0 Å². The lowest BCUT2D eigenvalue weighted by Gasteiger charge is -2.16. The molecule has 0 radical (unpaired) electrons. The number of aliphatic imine (C=N–C) groups is 1. The van der Waals surface area contributed by atoms with Gasteiger partial charge in [-0.05, 0) is 31.4 Å². The molecule has 6 nitrogen and oxygen atoms in total. The van der Waals surface area contributed by atoms with Gasteiger partial charge in [-0.2, -0.15) is 0 Å². The molecule has 0 amide bonds. The fourth-order valence-corrected chi connectivity index (χ4v) is 2.98. The van der Waals surface area contributed by atoms with Crippen molar-refractivity contribution >= 4 is 5.96 Å². The van der Waals surface area contributed by atoms with Crippen LogP contribution in [0.4, 0.5) is 0 Å². The van der Waals surface area contributed by atoms with Gasteiger partial charge in [0.05, 0.1) is 26.4 Å². The van der Waals surface area contributed by atoms with Crippen molar-refractivity contribution in [3.8, 4) is 5.88 Å². The number of hydrogen-bond donors (Lipinski definition) is 2. The van der Waals surface area contributed by atoms with E-state index in [2.05, 4.69) is 27.5 Å². The molecule has 6 heteroatoms. The van der Waals surface area contributed by atoms with Gasteiger partial charge >= 0.3 is 0 Å². The first-order chi connectivity index (χ1) is 12.3. The van der Waals surface area contributed by atoms with E-state index in [1.807, 2.05) is 12.1 Å². The van der Waals surface area contributed by atoms with Crippen LogP contribution in [-0.2, 0) is 11.3 Å². The summed E-state index contributed by atoms with van der Waals surface area (Å²) >= 11 is 0. The summed E-state index contributed by atoms with van der Waals surface area (Å²) in [6.45, 7) is 4.96. The minimum Gasteiger partial charge on any atom is -0.481 e. The Labute approximate surface area is 151 Å². The number of aromatic nitrogens is 1. The first-order valence-electron chi connectivity index (χ1n) is 9.44. The molecular weight excluding hydrogens is 316 g/mol. The van der Waals surface area contributed by atoms with E-state index in [-0.39, 0.29) is 0 Å². The van der Waals surface area contributed by atoms with Gasteiger partial charge in [-0.3, -0.25) is 0 Å². The predicted octanol–water partition coefficient (Wildman–Crippen LogP) is 2.88. The van der Waals surface area contributed by atoms with Gasteiger partial charge in [0.2, 0.25) is 5.88 Å². The highest BCUT2D eigenvalue weighted by Crippen LogP contribution is 2.19. The van der Waals surface area contributed by atoms with Crippen molar-refractivity contribution in [3.05, 3.63) is 23.9 Å². The van der Waals surface area contributed by atoms with E-state index in [9.17, 15) is 0 Å². The third-order valence-electron chi connectivity index (χ3n) is 4.32. The van der Waals surface area contributed by atoms with E-state index < -0.39 is 0 Å². The van der Waals surface area contributed by atoms with Crippen LogP contribution < -0.4 is 15.4 Å². The maximum Gasteiger partial charge on any atom is 0.213 e. The lowest BCUT2D eigenvalue weighted by molar-refractivity contribution is 0.0468. The molecular formula is C19H32N4O2. The highest BCUT2D eigenvalue weighted by atomic mass is 16.5. The van der Waals surface area contributed by atoms with Crippen molar-refractivity contribution in [2.45, 2.75) is 58.1 Å². The second-order valence-electron chi connectivity index (χ2n) is 6.31. The van der Waals surface area contributed by atoms with E-state index in [0.29, 0.717) is 18.5 Å². The number of nitrogens with one attached hydrogen (secondary N) is 2. The van der Waals surface area contributed by atoms with Crippen LogP contribution >= 0.6 is 0 Å². The van der Waals surface area contributed by atoms with Gasteiger partial charge in [-0.25, -0.2) is 9.98 Å². The third kappa shape index (κ3) is 7.73. The van der Waals surface area contributed by atoms with Gasteiger partial charge in [-0.1, -0.05) is 25.7 Å². The highest BCUT2D eigenvalue weighted by Gasteiger charge is 2.12. The normalized spacial score (nSPS) is 16.3. The molecule has 1 aromatic heterocycles. The molecule has 0 saturated heterocycles. The molecule has 2 N–H and O–H groups in total. The summed E-state index contributed by atoms with van der Waals surface area (Å²) in [6, 6.07) is 3.85. The Morgan fingerprint density at radius 3 is 2.76 bits per heavy atom. The Morgan fingerprint density at radius 2 is 2.04 bits per heavy atom. The van der Waals surface area contributed by atoms with Crippen molar-refractivity contribution in [1.29, 1.82) is 0 Å². The molecule has 0 atom stereocenters. The van der Waals surface area contributed by atoms with E-state index in [1.165, 1.54) is 38.5 Å². The molecule has 0 unspecified atom stereocenters. The average Bonchev–Trinajstić information content (AvgIpc) is 2.92. The smallest absolute Gasteiger partial charge is 0.213 e. The van der Waals surface area contributed by atoms with E-state index in [4.69, 9.17) is 9.47 Å². The Bertz CT molecular complexity index is 514. The maximum atomic E-state index is 6.01. The summed E-state index contributed by atoms with van der Waals surface area (Å²) < 4.78 is 11.2. The number of rotatable bonds is 8. The SMILES string of the molecule is CCNC(=NCc1ccnc(OC)c1)NCCOC1CCCCCC1. The summed E-state index contributed by atoms with van der Waals surface area (Å²) in [6.07, 6.45) is 9.91. The molecule has 1 aromatic rings. The zero-order valence-corrected chi connectivity index (χ0v) is 15.6. The molecule has 0 bridgehead atoms. The van der Waals surface area contributed by atoms with Gasteiger partial charge in [0.25, 0.3) is 0 Å². The van der Waals surface area contributed by atoms with Gasteiger partial charge in [0.15, 0.2) is 5.96 Å². The first kappa shape index (κ1) is 19.5. The first-order valence-corrected chi connectivity index (χ1v) is 9.44. The zero-order valence-electron chi connectivity index (χ0n) is 15.6. The molecule has 1 saturated carbocycles. The van der Waals surface area contributed by atoms with Gasteiger partial charge in [-0.15, -0.1) is 0 Å². The van der Waals surface area contributed by atoms with Crippen molar-refractivity contribution in [2.24, 2.45) is 4.99 Å². The monoisotopic (exact) mass is 348 g/mol. The average molecular weight is 348 g/mol. The number of ether oxygens (including phenoxy) is 2. The van der Waals surface area contributed by atoms with Crippen molar-refractivity contribution in [1.82, 2.24) is 15.6 Å².